The Bertz CT molecular complexity index is 1630. The van der Waals surface area contributed by atoms with Gasteiger partial charge in [-0.1, -0.05) is 29.8 Å². The van der Waals surface area contributed by atoms with Crippen molar-refractivity contribution in [3.8, 4) is 11.5 Å². The first-order valence-electron chi connectivity index (χ1n) is 17.5. The van der Waals surface area contributed by atoms with E-state index in [9.17, 15) is 35.4 Å². The zero-order valence-corrected chi connectivity index (χ0v) is 29.8. The van der Waals surface area contributed by atoms with Gasteiger partial charge in [0, 0.05) is 24.2 Å². The van der Waals surface area contributed by atoms with Gasteiger partial charge >= 0.3 is 0 Å². The topological polar surface area (TPSA) is 200 Å². The number of phenolic OH excluding ortho intramolecular Hbond substituents is 1. The van der Waals surface area contributed by atoms with Gasteiger partial charge in [0.1, 0.15) is 78.8 Å². The Morgan fingerprint density at radius 1 is 0.962 bits per heavy atom. The fraction of sp³-hybridized carbons (Fsp3) is 0.541. The highest BCUT2D eigenvalue weighted by molar-refractivity contribution is 6.34. The number of piperidine rings is 1. The molecule has 4 aliphatic rings. The molecule has 52 heavy (non-hydrogen) atoms. The number of hydrogen-bond donors (Lipinski definition) is 7. The van der Waals surface area contributed by atoms with Gasteiger partial charge in [-0.25, -0.2) is 0 Å². The molecule has 2 aromatic carbocycles. The van der Waals surface area contributed by atoms with Crippen LogP contribution >= 0.6 is 11.6 Å². The smallest absolute Gasteiger partial charge is 0.247 e. The van der Waals surface area contributed by atoms with Crippen molar-refractivity contribution in [1.82, 2.24) is 5.32 Å². The van der Waals surface area contributed by atoms with Gasteiger partial charge in [0.15, 0.2) is 6.29 Å². The number of amides is 1. The second-order valence-corrected chi connectivity index (χ2v) is 14.1. The van der Waals surface area contributed by atoms with Crippen molar-refractivity contribution in [3.05, 3.63) is 69.8 Å². The number of anilines is 1. The van der Waals surface area contributed by atoms with Crippen LogP contribution in [0.4, 0.5) is 5.69 Å². The fourth-order valence-electron chi connectivity index (χ4n) is 7.03. The van der Waals surface area contributed by atoms with Gasteiger partial charge in [-0.15, -0.1) is 0 Å². The first-order chi connectivity index (χ1) is 24.9. The summed E-state index contributed by atoms with van der Waals surface area (Å²) >= 11 is 6.68. The molecule has 284 valence electrons. The summed E-state index contributed by atoms with van der Waals surface area (Å²) in [7, 11) is 0. The number of phenols is 1. The number of nitrogens with one attached hydrogen (secondary N) is 1. The molecule has 6 rings (SSSR count). The van der Waals surface area contributed by atoms with Gasteiger partial charge in [0.25, 0.3) is 0 Å². The molecule has 0 bridgehead atoms. The summed E-state index contributed by atoms with van der Waals surface area (Å²) in [6, 6.07) is 9.15. The molecule has 1 amide bonds. The summed E-state index contributed by atoms with van der Waals surface area (Å²) in [4.78, 5) is 15.2. The van der Waals surface area contributed by atoms with Crippen molar-refractivity contribution in [2.75, 3.05) is 31.4 Å². The lowest BCUT2D eigenvalue weighted by molar-refractivity contribution is -0.168. The molecule has 10 atom stereocenters. The van der Waals surface area contributed by atoms with Crippen LogP contribution in [0.2, 0.25) is 5.02 Å². The van der Waals surface area contributed by atoms with Crippen LogP contribution in [-0.4, -0.2) is 124 Å². The van der Waals surface area contributed by atoms with Gasteiger partial charge in [-0.3, -0.25) is 4.79 Å². The Kier molecular flexibility index (Phi) is 12.4. The van der Waals surface area contributed by atoms with E-state index >= 15 is 0 Å². The van der Waals surface area contributed by atoms with Crippen LogP contribution in [0.25, 0.3) is 6.08 Å². The molecule has 7 N–H and O–H groups in total. The molecule has 1 unspecified atom stereocenters. The van der Waals surface area contributed by atoms with Gasteiger partial charge in [0.05, 0.1) is 18.3 Å². The average molecular weight is 747 g/mol. The Hall–Kier alpha value is -3.28. The van der Waals surface area contributed by atoms with E-state index in [0.29, 0.717) is 27.5 Å². The van der Waals surface area contributed by atoms with E-state index in [-0.39, 0.29) is 31.3 Å². The van der Waals surface area contributed by atoms with Crippen LogP contribution in [0.3, 0.4) is 0 Å². The molecule has 14 nitrogen and oxygen atoms in total. The van der Waals surface area contributed by atoms with Crippen molar-refractivity contribution in [1.29, 1.82) is 0 Å². The maximum absolute atomic E-state index is 12.9. The second kappa shape index (κ2) is 16.8. The molecule has 1 saturated carbocycles. The summed E-state index contributed by atoms with van der Waals surface area (Å²) in [6.07, 6.45) is -3.88. The lowest BCUT2D eigenvalue weighted by Gasteiger charge is -2.41. The van der Waals surface area contributed by atoms with Crippen molar-refractivity contribution < 1.29 is 59.1 Å². The molecule has 1 aliphatic carbocycles. The molecular weight excluding hydrogens is 700 g/mol. The van der Waals surface area contributed by atoms with Crippen LogP contribution < -0.4 is 15.0 Å². The quantitative estimate of drug-likeness (QED) is 0.130. The van der Waals surface area contributed by atoms with E-state index in [0.717, 1.165) is 31.6 Å². The fourth-order valence-corrected chi connectivity index (χ4v) is 7.33. The Balaban J connectivity index is 1.01. The molecule has 0 aromatic heterocycles. The summed E-state index contributed by atoms with van der Waals surface area (Å²) in [6.45, 7) is 5.06. The lowest BCUT2D eigenvalue weighted by Crippen LogP contribution is -2.67. The van der Waals surface area contributed by atoms with Gasteiger partial charge in [-0.2, -0.15) is 0 Å². The largest absolute Gasteiger partial charge is 0.508 e. The normalized spacial score (nSPS) is 32.5. The SMILES string of the molecule is C/C(=C\c1ccc(CO[C@@H]2O[C@H](/C(C)=C/COc3cccc(N4CCCCC4)c3Cl)[C@@H](O)[C@@H]2O)c(O)c1)C(=O)NC1[C@@H](O)[C@@H]2OCO[C@@H]2[C@H](O)[C@H]1O. The molecule has 4 fully saturated rings. The zero-order chi connectivity index (χ0) is 37.1. The van der Waals surface area contributed by atoms with E-state index in [1.807, 2.05) is 18.2 Å². The van der Waals surface area contributed by atoms with E-state index < -0.39 is 67.1 Å². The van der Waals surface area contributed by atoms with Gasteiger partial charge in [0.2, 0.25) is 5.91 Å². The number of carbonyl (C=O) groups excluding carboxylic acids is 1. The highest BCUT2D eigenvalue weighted by Crippen LogP contribution is 2.36. The number of ether oxygens (including phenoxy) is 5. The molecule has 3 saturated heterocycles. The number of rotatable bonds is 11. The standard InChI is InChI=1S/C37H47ClN2O12/c1-19(11-14-48-25-8-6-7-23(26(25)38)40-12-4-3-5-13-40)33-31(45)32(46)37(52-33)49-17-22-10-9-21(16-24(22)41)15-20(2)36(47)39-27-28(42)30(44)35-34(29(27)43)50-18-51-35/h6-11,15-16,27-35,37,41-46H,3-5,12-14,17-18H2,1-2H3,(H,39,47)/b19-11+,20-15+/t27?,28-,29+,30+,31-,32-,33+,34-,35+,37+/m0/s1. The molecule has 3 aliphatic heterocycles. The van der Waals surface area contributed by atoms with E-state index in [2.05, 4.69) is 10.2 Å². The third kappa shape index (κ3) is 8.26. The molecular formula is C37H47ClN2O12. The van der Waals surface area contributed by atoms with Gasteiger partial charge in [-0.05, 0) is 74.6 Å². The predicted molar refractivity (Wildman–Crippen MR) is 189 cm³/mol. The number of aromatic hydroxyl groups is 1. The molecule has 0 radical (unpaired) electrons. The van der Waals surface area contributed by atoms with E-state index in [1.54, 1.807) is 25.1 Å². The minimum absolute atomic E-state index is 0.143. The average Bonchev–Trinajstić information content (AvgIpc) is 3.74. The monoisotopic (exact) mass is 746 g/mol. The number of carbonyl (C=O) groups is 1. The van der Waals surface area contributed by atoms with Crippen LogP contribution in [0.5, 0.6) is 11.5 Å². The first kappa shape index (κ1) is 38.4. The second-order valence-electron chi connectivity index (χ2n) is 13.7. The van der Waals surface area contributed by atoms with Crippen molar-refractivity contribution in [2.45, 2.75) is 101 Å². The predicted octanol–water partition coefficient (Wildman–Crippen LogP) is 1.75. The number of aliphatic hydroxyl groups is 5. The summed E-state index contributed by atoms with van der Waals surface area (Å²) < 4.78 is 28.1. The Morgan fingerprint density at radius 2 is 1.69 bits per heavy atom. The molecule has 0 spiro atoms. The van der Waals surface area contributed by atoms with E-state index in [4.69, 9.17) is 35.3 Å². The van der Waals surface area contributed by atoms with Crippen molar-refractivity contribution in [2.24, 2.45) is 0 Å². The zero-order valence-electron chi connectivity index (χ0n) is 29.0. The van der Waals surface area contributed by atoms with Gasteiger partial charge < -0.3 is 64.5 Å². The van der Waals surface area contributed by atoms with Crippen LogP contribution in [0.15, 0.2) is 53.6 Å². The number of aliphatic hydroxyl groups excluding tert-OH is 5. The summed E-state index contributed by atoms with van der Waals surface area (Å²) in [5.74, 6) is -0.203. The first-order valence-corrected chi connectivity index (χ1v) is 17.9. The number of halogens is 1. The number of hydrogen-bond acceptors (Lipinski definition) is 13. The third-order valence-electron chi connectivity index (χ3n) is 10.1. The maximum atomic E-state index is 12.9. The number of nitrogens with zero attached hydrogens (tertiary/aromatic N) is 1. The Morgan fingerprint density at radius 3 is 2.42 bits per heavy atom. The van der Waals surface area contributed by atoms with Crippen molar-refractivity contribution >= 4 is 29.3 Å². The van der Waals surface area contributed by atoms with Crippen molar-refractivity contribution in [3.63, 3.8) is 0 Å². The number of benzene rings is 2. The maximum Gasteiger partial charge on any atom is 0.247 e. The highest BCUT2D eigenvalue weighted by atomic mass is 35.5. The summed E-state index contributed by atoms with van der Waals surface area (Å²) in [5, 5.41) is 66.7. The molecule has 15 heteroatoms. The van der Waals surface area contributed by atoms with Crippen LogP contribution in [-0.2, 0) is 30.3 Å². The minimum atomic E-state index is -1.48. The Labute approximate surface area is 306 Å². The molecule has 3 heterocycles. The van der Waals surface area contributed by atoms with Crippen LogP contribution in [0, 0.1) is 0 Å². The summed E-state index contributed by atoms with van der Waals surface area (Å²) in [5.41, 5.74) is 2.62. The third-order valence-corrected chi connectivity index (χ3v) is 10.5. The highest BCUT2D eigenvalue weighted by Gasteiger charge is 2.53. The lowest BCUT2D eigenvalue weighted by atomic mass is 9.83. The van der Waals surface area contributed by atoms with E-state index in [1.165, 1.54) is 25.5 Å². The minimum Gasteiger partial charge on any atom is -0.508 e. The molecule has 2 aromatic rings. The van der Waals surface area contributed by atoms with Crippen LogP contribution in [0.1, 0.15) is 44.2 Å². The number of fused-ring (bicyclic) bond motifs is 1.